The van der Waals surface area contributed by atoms with Gasteiger partial charge in [-0.15, -0.1) is 0 Å². The predicted octanol–water partition coefficient (Wildman–Crippen LogP) is 4.31. The normalized spacial score (nSPS) is 12.5. The summed E-state index contributed by atoms with van der Waals surface area (Å²) in [5.74, 6) is -0.759. The Morgan fingerprint density at radius 3 is 2.28 bits per heavy atom. The number of methoxy groups -OCH3 is 1. The molecule has 7 heteroatoms. The molecular weight excluding hydrogens is 408 g/mol. The minimum absolute atomic E-state index is 0.102. The highest BCUT2D eigenvalue weighted by Crippen LogP contribution is 2.28. The Kier molecular flexibility index (Phi) is 7.44. The summed E-state index contributed by atoms with van der Waals surface area (Å²) in [6, 6.07) is 18.8. The zero-order valence-electron chi connectivity index (χ0n) is 18.3. The van der Waals surface area contributed by atoms with E-state index >= 15 is 0 Å². The summed E-state index contributed by atoms with van der Waals surface area (Å²) in [6.07, 6.45) is -0.688. The number of Topliss-reactive ketones (excluding diaryl/α,β-unsaturated/α-hetero) is 1. The fourth-order valence-corrected chi connectivity index (χ4v) is 3.35. The van der Waals surface area contributed by atoms with Gasteiger partial charge in [0.2, 0.25) is 0 Å². The fraction of sp³-hybridized carbons (Fsp3) is 0.240. The second-order valence-electron chi connectivity index (χ2n) is 7.39. The van der Waals surface area contributed by atoms with Crippen LogP contribution in [0.25, 0.3) is 10.8 Å². The van der Waals surface area contributed by atoms with E-state index in [1.165, 1.54) is 7.11 Å². The first-order valence-corrected chi connectivity index (χ1v) is 10.3. The number of carbonyl (C=O) groups excluding carboxylic acids is 3. The number of anilines is 1. The highest BCUT2D eigenvalue weighted by Gasteiger charge is 2.25. The third kappa shape index (κ3) is 5.43. The molecule has 0 bridgehead atoms. The molecule has 0 radical (unpaired) electrons. The Bertz CT molecular complexity index is 1110. The van der Waals surface area contributed by atoms with Crippen molar-refractivity contribution in [2.45, 2.75) is 32.5 Å². The number of hydrogen-bond acceptors (Lipinski definition) is 6. The molecule has 2 N–H and O–H groups in total. The van der Waals surface area contributed by atoms with Gasteiger partial charge in [-0.25, -0.2) is 9.59 Å². The number of rotatable bonds is 8. The van der Waals surface area contributed by atoms with E-state index in [1.54, 1.807) is 19.9 Å². The SMILES string of the molecule is COC(=O)[C@H](C)Nc1ccc2ccccc2c1C(=O)[C@@H](C)NC(=O)OCc1ccccc1. The van der Waals surface area contributed by atoms with Crippen LogP contribution >= 0.6 is 0 Å². The number of ketones is 1. The van der Waals surface area contributed by atoms with Gasteiger partial charge in [0.25, 0.3) is 0 Å². The van der Waals surface area contributed by atoms with Crippen LogP contribution in [0.2, 0.25) is 0 Å². The monoisotopic (exact) mass is 434 g/mol. The van der Waals surface area contributed by atoms with Crippen molar-refractivity contribution >= 4 is 34.3 Å². The van der Waals surface area contributed by atoms with Crippen LogP contribution in [0.4, 0.5) is 10.5 Å². The van der Waals surface area contributed by atoms with Gasteiger partial charge in [-0.3, -0.25) is 4.79 Å². The molecule has 3 aromatic rings. The van der Waals surface area contributed by atoms with E-state index in [1.807, 2.05) is 60.7 Å². The molecule has 0 aliphatic rings. The Balaban J connectivity index is 1.81. The van der Waals surface area contributed by atoms with E-state index in [4.69, 9.17) is 9.47 Å². The van der Waals surface area contributed by atoms with Gasteiger partial charge in [-0.05, 0) is 36.2 Å². The summed E-state index contributed by atoms with van der Waals surface area (Å²) in [5, 5.41) is 7.23. The molecule has 0 fully saturated rings. The van der Waals surface area contributed by atoms with Gasteiger partial charge < -0.3 is 20.1 Å². The van der Waals surface area contributed by atoms with Crippen molar-refractivity contribution in [2.75, 3.05) is 12.4 Å². The highest BCUT2D eigenvalue weighted by molar-refractivity contribution is 6.15. The molecule has 3 aromatic carbocycles. The number of ether oxygens (including phenoxy) is 2. The third-order valence-corrected chi connectivity index (χ3v) is 5.04. The molecular formula is C25H26N2O5. The number of esters is 1. The van der Waals surface area contributed by atoms with Crippen molar-refractivity contribution in [2.24, 2.45) is 0 Å². The van der Waals surface area contributed by atoms with Crippen LogP contribution in [0.5, 0.6) is 0 Å². The average molecular weight is 434 g/mol. The molecule has 1 amide bonds. The van der Waals surface area contributed by atoms with E-state index < -0.39 is 24.1 Å². The van der Waals surface area contributed by atoms with Gasteiger partial charge >= 0.3 is 12.1 Å². The van der Waals surface area contributed by atoms with Gasteiger partial charge in [0, 0.05) is 5.69 Å². The van der Waals surface area contributed by atoms with Crippen molar-refractivity contribution in [3.63, 3.8) is 0 Å². The van der Waals surface area contributed by atoms with Crippen LogP contribution in [0.3, 0.4) is 0 Å². The van der Waals surface area contributed by atoms with Gasteiger partial charge in [-0.2, -0.15) is 0 Å². The largest absolute Gasteiger partial charge is 0.467 e. The molecule has 32 heavy (non-hydrogen) atoms. The summed E-state index contributed by atoms with van der Waals surface area (Å²) < 4.78 is 10.0. The van der Waals surface area contributed by atoms with E-state index in [2.05, 4.69) is 10.6 Å². The second-order valence-corrected chi connectivity index (χ2v) is 7.39. The van der Waals surface area contributed by atoms with Crippen LogP contribution in [0, 0.1) is 0 Å². The topological polar surface area (TPSA) is 93.7 Å². The standard InChI is InChI=1S/C25H26N2O5/c1-16(27-25(30)32-15-18-9-5-4-6-10-18)23(28)22-20-12-8-7-11-19(20)13-14-21(22)26-17(2)24(29)31-3/h4-14,16-17,26H,15H2,1-3H3,(H,27,30)/t16-,17+/m1/s1. The number of fused-ring (bicyclic) bond motifs is 1. The summed E-state index contributed by atoms with van der Waals surface area (Å²) in [6.45, 7) is 3.35. The maximum absolute atomic E-state index is 13.4. The minimum atomic E-state index is -0.849. The smallest absolute Gasteiger partial charge is 0.408 e. The van der Waals surface area contributed by atoms with E-state index in [0.717, 1.165) is 10.9 Å². The predicted molar refractivity (Wildman–Crippen MR) is 123 cm³/mol. The molecule has 0 unspecified atom stereocenters. The van der Waals surface area contributed by atoms with Crippen molar-refractivity contribution in [3.05, 3.63) is 77.9 Å². The van der Waals surface area contributed by atoms with Crippen molar-refractivity contribution in [3.8, 4) is 0 Å². The van der Waals surface area contributed by atoms with Crippen molar-refractivity contribution in [1.29, 1.82) is 0 Å². The molecule has 0 saturated carbocycles. The van der Waals surface area contributed by atoms with E-state index in [-0.39, 0.29) is 12.4 Å². The summed E-state index contributed by atoms with van der Waals surface area (Å²) in [7, 11) is 1.31. The molecule has 0 aromatic heterocycles. The lowest BCUT2D eigenvalue weighted by Gasteiger charge is -2.20. The lowest BCUT2D eigenvalue weighted by molar-refractivity contribution is -0.141. The van der Waals surface area contributed by atoms with Crippen LogP contribution in [0.15, 0.2) is 66.7 Å². The minimum Gasteiger partial charge on any atom is -0.467 e. The summed E-state index contributed by atoms with van der Waals surface area (Å²) in [5.41, 5.74) is 1.71. The fourth-order valence-electron chi connectivity index (χ4n) is 3.35. The van der Waals surface area contributed by atoms with Gasteiger partial charge in [0.05, 0.1) is 18.7 Å². The molecule has 3 rings (SSSR count). The van der Waals surface area contributed by atoms with Gasteiger partial charge in [-0.1, -0.05) is 60.7 Å². The number of amides is 1. The zero-order chi connectivity index (χ0) is 23.1. The van der Waals surface area contributed by atoms with Crippen LogP contribution in [-0.4, -0.2) is 37.0 Å². The van der Waals surface area contributed by atoms with E-state index in [9.17, 15) is 14.4 Å². The Morgan fingerprint density at radius 2 is 1.56 bits per heavy atom. The van der Waals surface area contributed by atoms with Crippen LogP contribution < -0.4 is 10.6 Å². The third-order valence-electron chi connectivity index (χ3n) is 5.04. The highest BCUT2D eigenvalue weighted by atomic mass is 16.5. The maximum Gasteiger partial charge on any atom is 0.408 e. The Morgan fingerprint density at radius 1 is 0.875 bits per heavy atom. The second kappa shape index (κ2) is 10.4. The van der Waals surface area contributed by atoms with Gasteiger partial charge in [0.1, 0.15) is 12.6 Å². The van der Waals surface area contributed by atoms with Crippen LogP contribution in [-0.2, 0) is 20.9 Å². The first kappa shape index (κ1) is 22.8. The number of hydrogen-bond donors (Lipinski definition) is 2. The lowest BCUT2D eigenvalue weighted by Crippen LogP contribution is -2.39. The molecule has 2 atom stereocenters. The molecule has 0 aliphatic heterocycles. The van der Waals surface area contributed by atoms with Crippen molar-refractivity contribution < 1.29 is 23.9 Å². The summed E-state index contributed by atoms with van der Waals surface area (Å²) >= 11 is 0. The maximum atomic E-state index is 13.4. The molecule has 0 aliphatic carbocycles. The number of nitrogens with one attached hydrogen (secondary N) is 2. The van der Waals surface area contributed by atoms with E-state index in [0.29, 0.717) is 16.6 Å². The Labute approximate surface area is 186 Å². The average Bonchev–Trinajstić information content (AvgIpc) is 2.82. The molecule has 7 nitrogen and oxygen atoms in total. The summed E-state index contributed by atoms with van der Waals surface area (Å²) in [4.78, 5) is 37.5. The first-order chi connectivity index (χ1) is 15.4. The number of alkyl carbamates (subject to hydrolysis) is 1. The molecule has 0 saturated heterocycles. The number of carbonyl (C=O) groups is 3. The van der Waals surface area contributed by atoms with Gasteiger partial charge in [0.15, 0.2) is 5.78 Å². The Hall–Kier alpha value is -3.87. The lowest BCUT2D eigenvalue weighted by atomic mass is 9.96. The first-order valence-electron chi connectivity index (χ1n) is 10.3. The molecule has 0 heterocycles. The molecule has 0 spiro atoms. The zero-order valence-corrected chi connectivity index (χ0v) is 18.3. The quantitative estimate of drug-likeness (QED) is 0.405. The molecule has 166 valence electrons. The van der Waals surface area contributed by atoms with Crippen LogP contribution in [0.1, 0.15) is 29.8 Å². The number of benzene rings is 3. The van der Waals surface area contributed by atoms with Crippen molar-refractivity contribution in [1.82, 2.24) is 5.32 Å².